The van der Waals surface area contributed by atoms with E-state index in [4.69, 9.17) is 9.47 Å². The van der Waals surface area contributed by atoms with E-state index >= 15 is 0 Å². The van der Waals surface area contributed by atoms with Crippen molar-refractivity contribution in [3.63, 3.8) is 0 Å². The third-order valence-corrected chi connectivity index (χ3v) is 4.03. The molecule has 0 amide bonds. The van der Waals surface area contributed by atoms with Crippen LogP contribution in [0.2, 0.25) is 0 Å². The van der Waals surface area contributed by atoms with Gasteiger partial charge in [0.1, 0.15) is 0 Å². The highest BCUT2D eigenvalue weighted by atomic mass is 79.9. The Kier molecular flexibility index (Phi) is 3.94. The Hall–Kier alpha value is -1.52. The fourth-order valence-corrected chi connectivity index (χ4v) is 2.64. The van der Waals surface area contributed by atoms with E-state index in [1.54, 1.807) is 0 Å². The molecule has 0 spiro atoms. The van der Waals surface area contributed by atoms with Gasteiger partial charge in [-0.25, -0.2) is 0 Å². The number of nitrogens with one attached hydrogen (secondary N) is 1. The molecule has 0 fully saturated rings. The van der Waals surface area contributed by atoms with E-state index in [-0.39, 0.29) is 6.04 Å². The van der Waals surface area contributed by atoms with Crippen molar-refractivity contribution in [2.75, 3.05) is 13.8 Å². The smallest absolute Gasteiger partial charge is 0.231 e. The number of likely N-dealkylation sites (N-methyl/N-ethyl adjacent to an activating group) is 1. The number of hydrogen-bond acceptors (Lipinski definition) is 3. The summed E-state index contributed by atoms with van der Waals surface area (Å²) in [5.41, 5.74) is 2.50. The molecule has 3 rings (SSSR count). The SMILES string of the molecule is CNC(Cc1ccc(Br)cc1)c1ccc2c(c1)OCO2. The van der Waals surface area contributed by atoms with Gasteiger partial charge < -0.3 is 14.8 Å². The Morgan fingerprint density at radius 3 is 2.60 bits per heavy atom. The van der Waals surface area contributed by atoms with E-state index in [0.29, 0.717) is 6.79 Å². The van der Waals surface area contributed by atoms with E-state index in [9.17, 15) is 0 Å². The van der Waals surface area contributed by atoms with Gasteiger partial charge in [0.05, 0.1) is 0 Å². The average molecular weight is 334 g/mol. The summed E-state index contributed by atoms with van der Waals surface area (Å²) in [5.74, 6) is 1.66. The predicted octanol–water partition coefficient (Wildman–Crippen LogP) is 3.68. The van der Waals surface area contributed by atoms with Crippen LogP contribution in [0.4, 0.5) is 0 Å². The molecule has 1 N–H and O–H groups in total. The van der Waals surface area contributed by atoms with Gasteiger partial charge in [0.2, 0.25) is 6.79 Å². The molecule has 0 aliphatic carbocycles. The molecule has 2 aromatic carbocycles. The number of benzene rings is 2. The van der Waals surface area contributed by atoms with Crippen LogP contribution in [0.15, 0.2) is 46.9 Å². The highest BCUT2D eigenvalue weighted by Gasteiger charge is 2.17. The Bertz CT molecular complexity index is 598. The minimum absolute atomic E-state index is 0.255. The molecule has 1 aliphatic rings. The summed E-state index contributed by atoms with van der Waals surface area (Å²) in [5, 5.41) is 3.36. The molecule has 3 nitrogen and oxygen atoms in total. The summed E-state index contributed by atoms with van der Waals surface area (Å²) in [6.07, 6.45) is 0.934. The van der Waals surface area contributed by atoms with Gasteiger partial charge in [-0.2, -0.15) is 0 Å². The number of fused-ring (bicyclic) bond motifs is 1. The van der Waals surface area contributed by atoms with Crippen LogP contribution in [0.3, 0.4) is 0 Å². The molecule has 104 valence electrons. The third kappa shape index (κ3) is 2.81. The Labute approximate surface area is 127 Å². The lowest BCUT2D eigenvalue weighted by Gasteiger charge is -2.17. The van der Waals surface area contributed by atoms with Crippen molar-refractivity contribution in [2.45, 2.75) is 12.5 Å². The molecular weight excluding hydrogens is 318 g/mol. The van der Waals surface area contributed by atoms with Gasteiger partial charge in [-0.15, -0.1) is 0 Å². The van der Waals surface area contributed by atoms with E-state index in [2.05, 4.69) is 57.6 Å². The maximum Gasteiger partial charge on any atom is 0.231 e. The van der Waals surface area contributed by atoms with Gasteiger partial charge in [-0.1, -0.05) is 34.1 Å². The summed E-state index contributed by atoms with van der Waals surface area (Å²) in [4.78, 5) is 0. The minimum atomic E-state index is 0.255. The second-order valence-electron chi connectivity index (χ2n) is 4.78. The summed E-state index contributed by atoms with van der Waals surface area (Å²) < 4.78 is 11.9. The lowest BCUT2D eigenvalue weighted by Crippen LogP contribution is -2.18. The highest BCUT2D eigenvalue weighted by Crippen LogP contribution is 2.34. The Morgan fingerprint density at radius 1 is 1.10 bits per heavy atom. The van der Waals surface area contributed by atoms with Crippen molar-refractivity contribution in [2.24, 2.45) is 0 Å². The van der Waals surface area contributed by atoms with Crippen LogP contribution in [0.1, 0.15) is 17.2 Å². The second kappa shape index (κ2) is 5.85. The summed E-state index contributed by atoms with van der Waals surface area (Å²) >= 11 is 3.46. The summed E-state index contributed by atoms with van der Waals surface area (Å²) in [7, 11) is 1.98. The van der Waals surface area contributed by atoms with Crippen LogP contribution in [0.5, 0.6) is 11.5 Å². The first-order valence-electron chi connectivity index (χ1n) is 6.57. The number of rotatable bonds is 4. The fraction of sp³-hybridized carbons (Fsp3) is 0.250. The molecule has 1 heterocycles. The Balaban J connectivity index is 1.81. The molecule has 2 aromatic rings. The maximum atomic E-state index is 5.44. The van der Waals surface area contributed by atoms with E-state index < -0.39 is 0 Å². The van der Waals surface area contributed by atoms with Crippen molar-refractivity contribution < 1.29 is 9.47 Å². The van der Waals surface area contributed by atoms with Gasteiger partial charge in [-0.3, -0.25) is 0 Å². The van der Waals surface area contributed by atoms with Gasteiger partial charge >= 0.3 is 0 Å². The van der Waals surface area contributed by atoms with Crippen molar-refractivity contribution in [1.29, 1.82) is 0 Å². The quantitative estimate of drug-likeness (QED) is 0.925. The minimum Gasteiger partial charge on any atom is -0.454 e. The van der Waals surface area contributed by atoms with Gasteiger partial charge in [0, 0.05) is 10.5 Å². The summed E-state index contributed by atoms with van der Waals surface area (Å²) in [6, 6.07) is 14.8. The normalized spacial score (nSPS) is 14.3. The van der Waals surface area contributed by atoms with Crippen LogP contribution >= 0.6 is 15.9 Å². The lowest BCUT2D eigenvalue weighted by atomic mass is 9.98. The molecule has 0 aromatic heterocycles. The van der Waals surface area contributed by atoms with E-state index in [0.717, 1.165) is 22.4 Å². The Morgan fingerprint density at radius 2 is 1.85 bits per heavy atom. The topological polar surface area (TPSA) is 30.5 Å². The summed E-state index contributed by atoms with van der Waals surface area (Å²) in [6.45, 7) is 0.315. The van der Waals surface area contributed by atoms with Crippen molar-refractivity contribution in [3.8, 4) is 11.5 Å². The average Bonchev–Trinajstić information content (AvgIpc) is 2.94. The van der Waals surface area contributed by atoms with E-state index in [1.165, 1.54) is 11.1 Å². The molecule has 4 heteroatoms. The van der Waals surface area contributed by atoms with Crippen LogP contribution in [0.25, 0.3) is 0 Å². The number of hydrogen-bond donors (Lipinski definition) is 1. The first-order valence-corrected chi connectivity index (χ1v) is 7.37. The predicted molar refractivity (Wildman–Crippen MR) is 82.2 cm³/mol. The molecular formula is C16H16BrNO2. The molecule has 1 atom stereocenters. The maximum absolute atomic E-state index is 5.44. The van der Waals surface area contributed by atoms with Crippen molar-refractivity contribution in [3.05, 3.63) is 58.1 Å². The monoisotopic (exact) mass is 333 g/mol. The fourth-order valence-electron chi connectivity index (χ4n) is 2.37. The van der Waals surface area contributed by atoms with Gasteiger partial charge in [0.15, 0.2) is 11.5 Å². The van der Waals surface area contributed by atoms with Gasteiger partial charge in [0.25, 0.3) is 0 Å². The lowest BCUT2D eigenvalue weighted by molar-refractivity contribution is 0.174. The molecule has 0 saturated carbocycles. The zero-order valence-corrected chi connectivity index (χ0v) is 12.8. The van der Waals surface area contributed by atoms with Crippen LogP contribution in [0, 0.1) is 0 Å². The molecule has 0 radical (unpaired) electrons. The van der Waals surface area contributed by atoms with Crippen molar-refractivity contribution in [1.82, 2.24) is 5.32 Å². The highest BCUT2D eigenvalue weighted by molar-refractivity contribution is 9.10. The molecule has 1 aliphatic heterocycles. The van der Waals surface area contributed by atoms with E-state index in [1.807, 2.05) is 13.1 Å². The molecule has 0 saturated heterocycles. The van der Waals surface area contributed by atoms with Crippen LogP contribution in [-0.2, 0) is 6.42 Å². The molecule has 1 unspecified atom stereocenters. The number of halogens is 1. The van der Waals surface area contributed by atoms with Crippen LogP contribution in [-0.4, -0.2) is 13.8 Å². The molecule has 0 bridgehead atoms. The first kappa shape index (κ1) is 13.5. The van der Waals surface area contributed by atoms with Gasteiger partial charge in [-0.05, 0) is 48.9 Å². The zero-order chi connectivity index (χ0) is 13.9. The molecule has 20 heavy (non-hydrogen) atoms. The zero-order valence-electron chi connectivity index (χ0n) is 11.2. The first-order chi connectivity index (χ1) is 9.76. The van der Waals surface area contributed by atoms with Crippen LogP contribution < -0.4 is 14.8 Å². The second-order valence-corrected chi connectivity index (χ2v) is 5.70. The number of ether oxygens (including phenoxy) is 2. The third-order valence-electron chi connectivity index (χ3n) is 3.50. The standard InChI is InChI=1S/C16H16BrNO2/c1-18-14(8-11-2-5-13(17)6-3-11)12-4-7-15-16(9-12)20-10-19-15/h2-7,9,14,18H,8,10H2,1H3. The largest absolute Gasteiger partial charge is 0.454 e. The van der Waals surface area contributed by atoms with Crippen molar-refractivity contribution >= 4 is 15.9 Å².